The lowest BCUT2D eigenvalue weighted by molar-refractivity contribution is -0.142. The van der Waals surface area contributed by atoms with Crippen LogP contribution in [0.15, 0.2) is 85.1 Å². The number of benzene rings is 3. The van der Waals surface area contributed by atoms with Gasteiger partial charge < -0.3 is 18.8 Å². The number of fused-ring (bicyclic) bond motifs is 1. The number of carbonyl (C=O) groups excluding carboxylic acids is 2. The van der Waals surface area contributed by atoms with Gasteiger partial charge in [-0.15, -0.1) is 0 Å². The van der Waals surface area contributed by atoms with Crippen LogP contribution in [0.3, 0.4) is 0 Å². The number of nitrogens with zero attached hydrogens (tertiary/aromatic N) is 2. The third kappa shape index (κ3) is 5.25. The highest BCUT2D eigenvalue weighted by molar-refractivity contribution is 6.02. The minimum Gasteiger partial charge on any atom is -0.493 e. The summed E-state index contributed by atoms with van der Waals surface area (Å²) in [6.45, 7) is 1.07. The Hall–Kier alpha value is -4.52. The van der Waals surface area contributed by atoms with Crippen LogP contribution in [0.4, 0.5) is 0 Å². The van der Waals surface area contributed by atoms with Crippen LogP contribution in [0.2, 0.25) is 0 Å². The van der Waals surface area contributed by atoms with Gasteiger partial charge >= 0.3 is 0 Å². The molecule has 1 atom stereocenters. The zero-order valence-electron chi connectivity index (χ0n) is 22.4. The molecule has 0 aliphatic carbocycles. The number of hydrogen-bond acceptors (Lipinski definition) is 5. The molecule has 7 nitrogen and oxygen atoms in total. The van der Waals surface area contributed by atoms with Crippen molar-refractivity contribution < 1.29 is 23.8 Å². The minimum absolute atomic E-state index is 0.109. The number of ether oxygens (including phenoxy) is 3. The van der Waals surface area contributed by atoms with Crippen molar-refractivity contribution >= 4 is 22.7 Å². The summed E-state index contributed by atoms with van der Waals surface area (Å²) in [4.78, 5) is 27.5. The van der Waals surface area contributed by atoms with Crippen molar-refractivity contribution in [3.8, 4) is 17.2 Å². The lowest BCUT2D eigenvalue weighted by Crippen LogP contribution is -2.38. The van der Waals surface area contributed by atoms with E-state index in [1.807, 2.05) is 42.5 Å². The van der Waals surface area contributed by atoms with Gasteiger partial charge in [0.1, 0.15) is 0 Å². The second kappa shape index (κ2) is 11.5. The van der Waals surface area contributed by atoms with Crippen molar-refractivity contribution in [2.75, 3.05) is 27.9 Å². The van der Waals surface area contributed by atoms with Crippen LogP contribution in [0.5, 0.6) is 17.2 Å². The van der Waals surface area contributed by atoms with Crippen LogP contribution >= 0.6 is 0 Å². The summed E-state index contributed by atoms with van der Waals surface area (Å²) in [6, 6.07) is 22.2. The smallest absolute Gasteiger partial charge is 0.252 e. The fraction of sp³-hybridized carbons (Fsp3) is 0.250. The summed E-state index contributed by atoms with van der Waals surface area (Å²) in [5, 5.41) is 1.05. The van der Waals surface area contributed by atoms with E-state index in [9.17, 15) is 9.59 Å². The van der Waals surface area contributed by atoms with Crippen molar-refractivity contribution in [2.24, 2.45) is 0 Å². The van der Waals surface area contributed by atoms with Crippen molar-refractivity contribution in [2.45, 2.75) is 25.3 Å². The Bertz CT molecular complexity index is 1500. The Morgan fingerprint density at radius 2 is 1.62 bits per heavy atom. The lowest BCUT2D eigenvalue weighted by atomic mass is 9.87. The standard InChI is InChI=1S/C32H32N2O5/c1-37-28-17-23(18-29(38-2)32(28)39-3)25(19-31(36)34-16-10-9-15-30(34)35)26-21-33(20-22-11-5-4-6-12-22)27-14-8-7-13-24(26)27/h4-9,11-15,17-18,21,25H,10,16,19-20H2,1-3H3. The van der Waals surface area contributed by atoms with Crippen LogP contribution < -0.4 is 14.2 Å². The zero-order chi connectivity index (χ0) is 27.4. The van der Waals surface area contributed by atoms with Gasteiger partial charge in [0, 0.05) is 42.5 Å². The van der Waals surface area contributed by atoms with Gasteiger partial charge in [-0.25, -0.2) is 0 Å². The summed E-state index contributed by atoms with van der Waals surface area (Å²) < 4.78 is 19.1. The van der Waals surface area contributed by atoms with Crippen LogP contribution in [0, 0.1) is 0 Å². The van der Waals surface area contributed by atoms with Crippen LogP contribution in [0.1, 0.15) is 35.4 Å². The third-order valence-corrected chi connectivity index (χ3v) is 7.21. The van der Waals surface area contributed by atoms with Gasteiger partial charge in [0.25, 0.3) is 5.91 Å². The fourth-order valence-electron chi connectivity index (χ4n) is 5.29. The molecule has 3 aromatic carbocycles. The molecule has 5 rings (SSSR count). The molecule has 0 radical (unpaired) electrons. The van der Waals surface area contributed by atoms with Gasteiger partial charge in [0.2, 0.25) is 11.7 Å². The third-order valence-electron chi connectivity index (χ3n) is 7.21. The molecule has 0 fully saturated rings. The molecule has 2 amide bonds. The molecular weight excluding hydrogens is 492 g/mol. The average Bonchev–Trinajstić information content (AvgIpc) is 3.33. The number of rotatable bonds is 9. The lowest BCUT2D eigenvalue weighted by Gasteiger charge is -2.25. The quantitative estimate of drug-likeness (QED) is 0.287. The Labute approximate surface area is 228 Å². The van der Waals surface area contributed by atoms with Gasteiger partial charge in [-0.2, -0.15) is 0 Å². The number of methoxy groups -OCH3 is 3. The molecule has 4 aromatic rings. The molecular formula is C32H32N2O5. The molecule has 0 N–H and O–H groups in total. The molecule has 2 heterocycles. The number of amides is 2. The molecule has 1 aliphatic rings. The molecule has 200 valence electrons. The maximum absolute atomic E-state index is 13.6. The summed E-state index contributed by atoms with van der Waals surface area (Å²) in [6.07, 6.45) is 6.17. The van der Waals surface area contributed by atoms with E-state index in [4.69, 9.17) is 14.2 Å². The Kier molecular flexibility index (Phi) is 7.68. The average molecular weight is 525 g/mol. The highest BCUT2D eigenvalue weighted by Gasteiger charge is 2.29. The largest absolute Gasteiger partial charge is 0.493 e. The topological polar surface area (TPSA) is 70.0 Å². The first-order chi connectivity index (χ1) is 19.0. The van der Waals surface area contributed by atoms with Crippen LogP contribution in [-0.4, -0.2) is 49.2 Å². The van der Waals surface area contributed by atoms with E-state index in [-0.39, 0.29) is 24.2 Å². The highest BCUT2D eigenvalue weighted by atomic mass is 16.5. The monoisotopic (exact) mass is 524 g/mol. The number of aromatic nitrogens is 1. The SMILES string of the molecule is COc1cc(C(CC(=O)N2CCC=CC2=O)c2cn(Cc3ccccc3)c3ccccc23)cc(OC)c1OC. The predicted octanol–water partition coefficient (Wildman–Crippen LogP) is 5.55. The van der Waals surface area contributed by atoms with Crippen molar-refractivity contribution in [3.63, 3.8) is 0 Å². The van der Waals surface area contributed by atoms with Crippen LogP contribution in [-0.2, 0) is 16.1 Å². The molecule has 0 saturated carbocycles. The Balaban J connectivity index is 1.65. The van der Waals surface area contributed by atoms with E-state index < -0.39 is 0 Å². The summed E-state index contributed by atoms with van der Waals surface area (Å²) in [5.41, 5.74) is 4.07. The first-order valence-corrected chi connectivity index (χ1v) is 13.0. The van der Waals surface area contributed by atoms with E-state index in [1.165, 1.54) is 16.5 Å². The molecule has 0 spiro atoms. The van der Waals surface area contributed by atoms with Crippen molar-refractivity contribution in [3.05, 3.63) is 102 Å². The molecule has 0 bridgehead atoms. The van der Waals surface area contributed by atoms with Gasteiger partial charge in [0.15, 0.2) is 11.5 Å². The first kappa shape index (κ1) is 26.1. The van der Waals surface area contributed by atoms with E-state index in [2.05, 4.69) is 35.0 Å². The fourth-order valence-corrected chi connectivity index (χ4v) is 5.29. The van der Waals surface area contributed by atoms with Gasteiger partial charge in [-0.05, 0) is 47.4 Å². The molecule has 0 saturated heterocycles. The Morgan fingerprint density at radius 3 is 2.28 bits per heavy atom. The second-order valence-corrected chi connectivity index (χ2v) is 9.51. The molecule has 1 aliphatic heterocycles. The summed E-state index contributed by atoms with van der Waals surface area (Å²) in [5.74, 6) is 0.636. The van der Waals surface area contributed by atoms with Gasteiger partial charge in [-0.3, -0.25) is 14.5 Å². The maximum Gasteiger partial charge on any atom is 0.252 e. The predicted molar refractivity (Wildman–Crippen MR) is 151 cm³/mol. The van der Waals surface area contributed by atoms with E-state index in [0.717, 1.165) is 22.0 Å². The van der Waals surface area contributed by atoms with Crippen molar-refractivity contribution in [1.29, 1.82) is 0 Å². The van der Waals surface area contributed by atoms with E-state index >= 15 is 0 Å². The maximum atomic E-state index is 13.6. The number of para-hydroxylation sites is 1. The minimum atomic E-state index is -0.369. The number of imide groups is 1. The summed E-state index contributed by atoms with van der Waals surface area (Å²) in [7, 11) is 4.71. The van der Waals surface area contributed by atoms with Gasteiger partial charge in [0.05, 0.1) is 21.3 Å². The normalized spacial score (nSPS) is 13.9. The first-order valence-electron chi connectivity index (χ1n) is 13.0. The van der Waals surface area contributed by atoms with Gasteiger partial charge in [-0.1, -0.05) is 54.6 Å². The molecule has 1 aromatic heterocycles. The molecule has 1 unspecified atom stereocenters. The van der Waals surface area contributed by atoms with Crippen molar-refractivity contribution in [1.82, 2.24) is 9.47 Å². The Morgan fingerprint density at radius 1 is 0.923 bits per heavy atom. The molecule has 7 heteroatoms. The van der Waals surface area contributed by atoms with E-state index in [1.54, 1.807) is 27.4 Å². The zero-order valence-corrected chi connectivity index (χ0v) is 22.4. The summed E-state index contributed by atoms with van der Waals surface area (Å²) >= 11 is 0. The highest BCUT2D eigenvalue weighted by Crippen LogP contribution is 2.44. The number of hydrogen-bond donors (Lipinski definition) is 0. The van der Waals surface area contributed by atoms with E-state index in [0.29, 0.717) is 36.8 Å². The second-order valence-electron chi connectivity index (χ2n) is 9.51. The van der Waals surface area contributed by atoms with Crippen LogP contribution in [0.25, 0.3) is 10.9 Å². The molecule has 39 heavy (non-hydrogen) atoms. The number of carbonyl (C=O) groups is 2.